The Balaban J connectivity index is 1.45. The number of carbonyl (C=O) groups excluding carboxylic acids is 1. The molecule has 1 aromatic carbocycles. The number of fused-ring (bicyclic) bond motifs is 2. The zero-order valence-electron chi connectivity index (χ0n) is 19.0. The van der Waals surface area contributed by atoms with E-state index in [1.165, 1.54) is 17.6 Å². The average molecular weight is 415 g/mol. The highest BCUT2D eigenvalue weighted by Crippen LogP contribution is 2.51. The SMILES string of the molecule is COC(C)(C)C(=O)NCCCN(C)CCC1(O)C[C@H]2CCC1C=C2c1ccccc1. The van der Waals surface area contributed by atoms with Crippen LogP contribution < -0.4 is 5.32 Å². The molecule has 0 heterocycles. The number of carbonyl (C=O) groups is 1. The van der Waals surface area contributed by atoms with E-state index >= 15 is 0 Å². The molecule has 5 nitrogen and oxygen atoms in total. The Morgan fingerprint density at radius 2 is 2.00 bits per heavy atom. The number of aliphatic hydroxyl groups is 1. The van der Waals surface area contributed by atoms with Gasteiger partial charge in [0.1, 0.15) is 5.60 Å². The molecule has 0 saturated heterocycles. The third-order valence-electron chi connectivity index (χ3n) is 7.03. The molecule has 0 aliphatic heterocycles. The minimum atomic E-state index is -0.790. The van der Waals surface area contributed by atoms with E-state index in [1.54, 1.807) is 21.0 Å². The third kappa shape index (κ3) is 5.32. The largest absolute Gasteiger partial charge is 0.389 e. The standard InChI is InChI=1S/C25H38N2O3/c1-24(2,30-4)23(28)26-14-8-15-27(3)16-13-25(29)18-20-11-12-21(25)17-22(20)19-9-6-5-7-10-19/h5-7,9-10,17,20-21,29H,8,11-16,18H2,1-4H3,(H,26,28)/t20-,21?,25?/m1/s1. The summed E-state index contributed by atoms with van der Waals surface area (Å²) in [6.07, 6.45) is 7.16. The second-order valence-corrected chi connectivity index (χ2v) is 9.55. The fourth-order valence-corrected chi connectivity index (χ4v) is 4.79. The maximum absolute atomic E-state index is 12.0. The number of hydrogen-bond acceptors (Lipinski definition) is 4. The van der Waals surface area contributed by atoms with E-state index in [9.17, 15) is 9.90 Å². The fourth-order valence-electron chi connectivity index (χ4n) is 4.79. The predicted octanol–water partition coefficient (Wildman–Crippen LogP) is 3.48. The summed E-state index contributed by atoms with van der Waals surface area (Å²) in [6, 6.07) is 10.6. The summed E-state index contributed by atoms with van der Waals surface area (Å²) in [6.45, 7) is 5.93. The molecule has 3 aliphatic rings. The second-order valence-electron chi connectivity index (χ2n) is 9.55. The van der Waals surface area contributed by atoms with Gasteiger partial charge >= 0.3 is 0 Å². The van der Waals surface area contributed by atoms with Gasteiger partial charge in [-0.05, 0) is 76.6 Å². The maximum Gasteiger partial charge on any atom is 0.251 e. The van der Waals surface area contributed by atoms with Crippen LogP contribution in [0.3, 0.4) is 0 Å². The lowest BCUT2D eigenvalue weighted by Gasteiger charge is -2.48. The minimum absolute atomic E-state index is 0.0822. The highest BCUT2D eigenvalue weighted by Gasteiger charge is 2.46. The molecule has 1 amide bonds. The van der Waals surface area contributed by atoms with E-state index in [1.807, 2.05) is 0 Å². The summed E-state index contributed by atoms with van der Waals surface area (Å²) < 4.78 is 5.20. The Bertz CT molecular complexity index is 746. The molecule has 2 bridgehead atoms. The zero-order valence-corrected chi connectivity index (χ0v) is 19.0. The van der Waals surface area contributed by atoms with Gasteiger partial charge in [0, 0.05) is 26.1 Å². The molecule has 0 aromatic heterocycles. The lowest BCUT2D eigenvalue weighted by molar-refractivity contribution is -0.139. The first kappa shape index (κ1) is 23.0. The normalized spacial score (nSPS) is 26.0. The highest BCUT2D eigenvalue weighted by molar-refractivity contribution is 5.84. The molecule has 30 heavy (non-hydrogen) atoms. The van der Waals surface area contributed by atoms with Crippen LogP contribution >= 0.6 is 0 Å². The third-order valence-corrected chi connectivity index (χ3v) is 7.03. The van der Waals surface area contributed by atoms with Crippen molar-refractivity contribution >= 4 is 11.5 Å². The molecule has 1 aromatic rings. The first-order chi connectivity index (χ1) is 14.2. The highest BCUT2D eigenvalue weighted by atomic mass is 16.5. The van der Waals surface area contributed by atoms with Gasteiger partial charge in [-0.3, -0.25) is 4.79 Å². The van der Waals surface area contributed by atoms with Gasteiger partial charge in [-0.2, -0.15) is 0 Å². The molecule has 3 aliphatic carbocycles. The number of amides is 1. The van der Waals surface area contributed by atoms with Crippen LogP contribution in [0.15, 0.2) is 36.4 Å². The number of nitrogens with zero attached hydrogens (tertiary/aromatic N) is 1. The van der Waals surface area contributed by atoms with E-state index in [0.717, 1.165) is 38.8 Å². The summed E-state index contributed by atoms with van der Waals surface area (Å²) in [4.78, 5) is 14.3. The molecule has 4 rings (SSSR count). The van der Waals surface area contributed by atoms with Gasteiger partial charge in [0.15, 0.2) is 0 Å². The lowest BCUT2D eigenvalue weighted by atomic mass is 9.61. The maximum atomic E-state index is 12.0. The molecule has 3 atom stereocenters. The summed E-state index contributed by atoms with van der Waals surface area (Å²) in [5, 5.41) is 14.3. The van der Waals surface area contributed by atoms with Gasteiger partial charge in [0.25, 0.3) is 5.91 Å². The van der Waals surface area contributed by atoms with Gasteiger partial charge < -0.3 is 20.1 Å². The molecule has 2 N–H and O–H groups in total. The average Bonchev–Trinajstić information content (AvgIpc) is 2.76. The second kappa shape index (κ2) is 9.63. The van der Waals surface area contributed by atoms with E-state index in [2.05, 4.69) is 53.7 Å². The van der Waals surface area contributed by atoms with E-state index in [0.29, 0.717) is 12.5 Å². The number of methoxy groups -OCH3 is 1. The molecular weight excluding hydrogens is 376 g/mol. The topological polar surface area (TPSA) is 61.8 Å². The Morgan fingerprint density at radius 1 is 1.27 bits per heavy atom. The van der Waals surface area contributed by atoms with Gasteiger partial charge in [-0.15, -0.1) is 0 Å². The Morgan fingerprint density at radius 3 is 2.63 bits per heavy atom. The van der Waals surface area contributed by atoms with Crippen LogP contribution in [0.2, 0.25) is 0 Å². The molecule has 1 fully saturated rings. The quantitative estimate of drug-likeness (QED) is 0.576. The van der Waals surface area contributed by atoms with Gasteiger partial charge in [-0.25, -0.2) is 0 Å². The molecule has 166 valence electrons. The van der Waals surface area contributed by atoms with Crippen molar-refractivity contribution in [3.63, 3.8) is 0 Å². The molecule has 0 spiro atoms. The Kier molecular flexibility index (Phi) is 7.38. The van der Waals surface area contributed by atoms with Crippen LogP contribution in [0.5, 0.6) is 0 Å². The smallest absolute Gasteiger partial charge is 0.251 e. The van der Waals surface area contributed by atoms with Crippen LogP contribution in [0.25, 0.3) is 5.57 Å². The molecule has 1 saturated carbocycles. The summed E-state index contributed by atoms with van der Waals surface area (Å²) >= 11 is 0. The van der Waals surface area contributed by atoms with Crippen molar-refractivity contribution in [3.8, 4) is 0 Å². The number of benzene rings is 1. The monoisotopic (exact) mass is 414 g/mol. The summed E-state index contributed by atoms with van der Waals surface area (Å²) in [5.74, 6) is 0.634. The molecule has 2 unspecified atom stereocenters. The van der Waals surface area contributed by atoms with Crippen LogP contribution in [0.4, 0.5) is 0 Å². The van der Waals surface area contributed by atoms with Crippen molar-refractivity contribution in [2.45, 2.75) is 57.2 Å². The van der Waals surface area contributed by atoms with Crippen molar-refractivity contribution in [2.24, 2.45) is 11.8 Å². The van der Waals surface area contributed by atoms with E-state index in [4.69, 9.17) is 4.74 Å². The van der Waals surface area contributed by atoms with Crippen LogP contribution in [-0.2, 0) is 9.53 Å². The lowest BCUT2D eigenvalue weighted by Crippen LogP contribution is -2.48. The number of allylic oxidation sites excluding steroid dienone is 1. The first-order valence-electron chi connectivity index (χ1n) is 11.3. The van der Waals surface area contributed by atoms with Crippen molar-refractivity contribution in [3.05, 3.63) is 42.0 Å². The number of rotatable bonds is 10. The number of nitrogens with one attached hydrogen (secondary N) is 1. The van der Waals surface area contributed by atoms with Crippen molar-refractivity contribution in [1.82, 2.24) is 10.2 Å². The van der Waals surface area contributed by atoms with E-state index in [-0.39, 0.29) is 11.8 Å². The van der Waals surface area contributed by atoms with E-state index < -0.39 is 11.2 Å². The molecule has 5 heteroatoms. The molecule has 0 radical (unpaired) electrons. The fraction of sp³-hybridized carbons (Fsp3) is 0.640. The molecular formula is C25H38N2O3. The predicted molar refractivity (Wildman–Crippen MR) is 121 cm³/mol. The van der Waals surface area contributed by atoms with Crippen molar-refractivity contribution in [1.29, 1.82) is 0 Å². The van der Waals surface area contributed by atoms with Gasteiger partial charge in [0.05, 0.1) is 5.60 Å². The van der Waals surface area contributed by atoms with Gasteiger partial charge in [0.2, 0.25) is 0 Å². The Hall–Kier alpha value is -1.69. The van der Waals surface area contributed by atoms with Crippen LogP contribution in [0, 0.1) is 11.8 Å². The van der Waals surface area contributed by atoms with Crippen LogP contribution in [-0.4, -0.2) is 60.9 Å². The minimum Gasteiger partial charge on any atom is -0.389 e. The van der Waals surface area contributed by atoms with Crippen LogP contribution in [0.1, 0.15) is 51.5 Å². The summed E-state index contributed by atoms with van der Waals surface area (Å²) in [5.41, 5.74) is 1.36. The number of hydrogen-bond donors (Lipinski definition) is 2. The zero-order chi connectivity index (χ0) is 21.8. The van der Waals surface area contributed by atoms with Crippen molar-refractivity contribution < 1.29 is 14.6 Å². The first-order valence-corrected chi connectivity index (χ1v) is 11.3. The summed E-state index contributed by atoms with van der Waals surface area (Å²) in [7, 11) is 3.64. The number of ether oxygens (including phenoxy) is 1. The van der Waals surface area contributed by atoms with Crippen molar-refractivity contribution in [2.75, 3.05) is 33.8 Å². The Labute approximate surface area is 181 Å². The van der Waals surface area contributed by atoms with Gasteiger partial charge in [-0.1, -0.05) is 36.4 Å².